The van der Waals surface area contributed by atoms with Gasteiger partial charge >= 0.3 is 5.69 Å². The topological polar surface area (TPSA) is 79.6 Å². The minimum Gasteiger partial charge on any atom is -0.347 e. The SMILES string of the molecule is CC(Br)C(=O)N1CCN(c2ncccc2[N+](=O)[O-])CC1. The van der Waals surface area contributed by atoms with Crippen molar-refractivity contribution in [2.45, 2.75) is 11.8 Å². The number of hydrogen-bond donors (Lipinski definition) is 0. The minimum atomic E-state index is -0.430. The second-order valence-electron chi connectivity index (χ2n) is 4.53. The van der Waals surface area contributed by atoms with Gasteiger partial charge in [-0.2, -0.15) is 0 Å². The molecule has 8 heteroatoms. The van der Waals surface area contributed by atoms with Gasteiger partial charge in [-0.05, 0) is 13.0 Å². The van der Waals surface area contributed by atoms with Gasteiger partial charge in [0.2, 0.25) is 11.7 Å². The van der Waals surface area contributed by atoms with Gasteiger partial charge in [0.05, 0.1) is 9.75 Å². The largest absolute Gasteiger partial charge is 0.347 e. The molecule has 7 nitrogen and oxygen atoms in total. The number of aromatic nitrogens is 1. The Morgan fingerprint density at radius 1 is 1.45 bits per heavy atom. The lowest BCUT2D eigenvalue weighted by Crippen LogP contribution is -2.50. The first-order valence-corrected chi connectivity index (χ1v) is 7.19. The molecule has 108 valence electrons. The van der Waals surface area contributed by atoms with Crippen LogP contribution in [0.4, 0.5) is 11.5 Å². The number of carbonyl (C=O) groups excluding carboxylic acids is 1. The van der Waals surface area contributed by atoms with Gasteiger partial charge in [-0.25, -0.2) is 4.98 Å². The molecule has 1 unspecified atom stereocenters. The Morgan fingerprint density at radius 2 is 2.10 bits per heavy atom. The molecule has 0 aliphatic carbocycles. The number of anilines is 1. The molecule has 0 bridgehead atoms. The number of nitro groups is 1. The first-order chi connectivity index (χ1) is 9.50. The molecule has 1 aromatic rings. The van der Waals surface area contributed by atoms with Crippen molar-refractivity contribution in [3.8, 4) is 0 Å². The molecular formula is C12H15BrN4O3. The molecular weight excluding hydrogens is 328 g/mol. The van der Waals surface area contributed by atoms with Crippen LogP contribution < -0.4 is 4.90 Å². The highest BCUT2D eigenvalue weighted by Gasteiger charge is 2.27. The summed E-state index contributed by atoms with van der Waals surface area (Å²) in [4.78, 5) is 29.9. The number of alkyl halides is 1. The van der Waals surface area contributed by atoms with Crippen LogP contribution in [0, 0.1) is 10.1 Å². The summed E-state index contributed by atoms with van der Waals surface area (Å²) in [5.41, 5.74) is 0.00105. The van der Waals surface area contributed by atoms with E-state index < -0.39 is 4.92 Å². The molecule has 1 atom stereocenters. The van der Waals surface area contributed by atoms with Crippen molar-refractivity contribution >= 4 is 33.3 Å². The van der Waals surface area contributed by atoms with Crippen molar-refractivity contribution in [3.05, 3.63) is 28.4 Å². The summed E-state index contributed by atoms with van der Waals surface area (Å²) in [7, 11) is 0. The third kappa shape index (κ3) is 3.06. The fraction of sp³-hybridized carbons (Fsp3) is 0.500. The number of rotatable bonds is 3. The van der Waals surface area contributed by atoms with Gasteiger partial charge in [0.15, 0.2) is 0 Å². The Balaban J connectivity index is 2.08. The van der Waals surface area contributed by atoms with Crippen molar-refractivity contribution in [2.75, 3.05) is 31.1 Å². The molecule has 1 fully saturated rings. The summed E-state index contributed by atoms with van der Waals surface area (Å²) in [5.74, 6) is 0.414. The molecule has 0 N–H and O–H groups in total. The van der Waals surface area contributed by atoms with Crippen LogP contribution in [-0.4, -0.2) is 51.7 Å². The van der Waals surface area contributed by atoms with Gasteiger partial charge in [0.1, 0.15) is 0 Å². The van der Waals surface area contributed by atoms with E-state index in [-0.39, 0.29) is 16.4 Å². The van der Waals surface area contributed by atoms with Crippen LogP contribution in [0.2, 0.25) is 0 Å². The molecule has 1 aliphatic rings. The maximum atomic E-state index is 11.9. The van der Waals surface area contributed by atoms with Gasteiger partial charge in [-0.1, -0.05) is 15.9 Å². The Morgan fingerprint density at radius 3 is 2.65 bits per heavy atom. The monoisotopic (exact) mass is 342 g/mol. The molecule has 20 heavy (non-hydrogen) atoms. The molecule has 1 saturated heterocycles. The lowest BCUT2D eigenvalue weighted by Gasteiger charge is -2.35. The van der Waals surface area contributed by atoms with E-state index in [0.29, 0.717) is 32.0 Å². The average Bonchev–Trinajstić information content (AvgIpc) is 2.46. The van der Waals surface area contributed by atoms with Crippen LogP contribution in [0.15, 0.2) is 18.3 Å². The summed E-state index contributed by atoms with van der Waals surface area (Å²) in [6.07, 6.45) is 1.54. The molecule has 0 spiro atoms. The van der Waals surface area contributed by atoms with Gasteiger partial charge in [0.25, 0.3) is 0 Å². The fourth-order valence-electron chi connectivity index (χ4n) is 2.16. The van der Waals surface area contributed by atoms with Crippen molar-refractivity contribution in [1.29, 1.82) is 0 Å². The van der Waals surface area contributed by atoms with Gasteiger partial charge in [-0.3, -0.25) is 14.9 Å². The zero-order valence-corrected chi connectivity index (χ0v) is 12.6. The highest BCUT2D eigenvalue weighted by molar-refractivity contribution is 9.10. The standard InChI is InChI=1S/C12H15BrN4O3/c1-9(13)12(18)16-7-5-15(6-8-16)11-10(17(19)20)3-2-4-14-11/h2-4,9H,5-8H2,1H3. The van der Waals surface area contributed by atoms with E-state index in [4.69, 9.17) is 0 Å². The molecule has 0 saturated carbocycles. The average molecular weight is 343 g/mol. The zero-order chi connectivity index (χ0) is 14.7. The van der Waals surface area contributed by atoms with Gasteiger partial charge in [-0.15, -0.1) is 0 Å². The Labute approximate surface area is 124 Å². The fourth-order valence-corrected chi connectivity index (χ4v) is 2.45. The quantitative estimate of drug-likeness (QED) is 0.471. The van der Waals surface area contributed by atoms with Crippen molar-refractivity contribution < 1.29 is 9.72 Å². The molecule has 0 radical (unpaired) electrons. The van der Waals surface area contributed by atoms with Crippen LogP contribution >= 0.6 is 15.9 Å². The highest BCUT2D eigenvalue weighted by atomic mass is 79.9. The zero-order valence-electron chi connectivity index (χ0n) is 11.0. The number of pyridine rings is 1. The molecule has 1 aliphatic heterocycles. The summed E-state index contributed by atoms with van der Waals surface area (Å²) in [6.45, 7) is 3.97. The first kappa shape index (κ1) is 14.7. The third-order valence-electron chi connectivity index (χ3n) is 3.19. The summed E-state index contributed by atoms with van der Waals surface area (Å²) in [6, 6.07) is 2.99. The van der Waals surface area contributed by atoms with E-state index in [1.165, 1.54) is 6.07 Å². The molecule has 2 heterocycles. The highest BCUT2D eigenvalue weighted by Crippen LogP contribution is 2.25. The van der Waals surface area contributed by atoms with E-state index in [9.17, 15) is 14.9 Å². The van der Waals surface area contributed by atoms with Crippen LogP contribution in [0.5, 0.6) is 0 Å². The van der Waals surface area contributed by atoms with Gasteiger partial charge in [0, 0.05) is 38.4 Å². The van der Waals surface area contributed by atoms with E-state index in [1.807, 2.05) is 4.90 Å². The third-order valence-corrected chi connectivity index (χ3v) is 3.59. The predicted octanol–water partition coefficient (Wildman–Crippen LogP) is 1.42. The molecule has 1 aromatic heterocycles. The normalized spacial score (nSPS) is 16.9. The Hall–Kier alpha value is -1.70. The van der Waals surface area contributed by atoms with Crippen LogP contribution in [0.3, 0.4) is 0 Å². The van der Waals surface area contributed by atoms with E-state index in [2.05, 4.69) is 20.9 Å². The van der Waals surface area contributed by atoms with Crippen molar-refractivity contribution in [1.82, 2.24) is 9.88 Å². The van der Waals surface area contributed by atoms with Crippen LogP contribution in [-0.2, 0) is 4.79 Å². The predicted molar refractivity (Wildman–Crippen MR) is 78.1 cm³/mol. The molecule has 1 amide bonds. The lowest BCUT2D eigenvalue weighted by molar-refractivity contribution is -0.384. The number of amides is 1. The molecule has 0 aromatic carbocycles. The number of halogens is 1. The Kier molecular flexibility index (Phi) is 4.53. The summed E-state index contributed by atoms with van der Waals surface area (Å²) >= 11 is 3.26. The first-order valence-electron chi connectivity index (χ1n) is 6.28. The number of nitrogens with zero attached hydrogens (tertiary/aromatic N) is 4. The Bertz CT molecular complexity index is 515. The minimum absolute atomic E-state index is 0.00105. The maximum absolute atomic E-state index is 11.9. The smallest absolute Gasteiger partial charge is 0.311 e. The number of hydrogen-bond acceptors (Lipinski definition) is 5. The van der Waals surface area contributed by atoms with Crippen LogP contribution in [0.25, 0.3) is 0 Å². The van der Waals surface area contributed by atoms with Crippen molar-refractivity contribution in [3.63, 3.8) is 0 Å². The number of carbonyl (C=O) groups is 1. The summed E-state index contributed by atoms with van der Waals surface area (Å²) in [5, 5.41) is 11.0. The summed E-state index contributed by atoms with van der Waals surface area (Å²) < 4.78 is 0. The number of piperazine rings is 1. The van der Waals surface area contributed by atoms with Gasteiger partial charge < -0.3 is 9.80 Å². The second-order valence-corrected chi connectivity index (χ2v) is 5.91. The maximum Gasteiger partial charge on any atom is 0.311 e. The second kappa shape index (κ2) is 6.17. The molecule has 2 rings (SSSR count). The van der Waals surface area contributed by atoms with E-state index >= 15 is 0 Å². The van der Waals surface area contributed by atoms with Crippen LogP contribution in [0.1, 0.15) is 6.92 Å². The van der Waals surface area contributed by atoms with Crippen molar-refractivity contribution in [2.24, 2.45) is 0 Å². The van der Waals surface area contributed by atoms with E-state index in [1.54, 1.807) is 24.1 Å². The lowest BCUT2D eigenvalue weighted by atomic mass is 10.2. The van der Waals surface area contributed by atoms with E-state index in [0.717, 1.165) is 0 Å².